The van der Waals surface area contributed by atoms with Gasteiger partial charge >= 0.3 is 6.18 Å². The van der Waals surface area contributed by atoms with Crippen LogP contribution in [0.5, 0.6) is 0 Å². The van der Waals surface area contributed by atoms with E-state index in [0.717, 1.165) is 19.2 Å². The highest BCUT2D eigenvalue weighted by Crippen LogP contribution is 2.29. The molecule has 7 heteroatoms. The van der Waals surface area contributed by atoms with Gasteiger partial charge < -0.3 is 9.80 Å². The second-order valence-corrected chi connectivity index (χ2v) is 4.00. The van der Waals surface area contributed by atoms with E-state index in [4.69, 9.17) is 1.37 Å². The second-order valence-electron chi connectivity index (χ2n) is 4.00. The van der Waals surface area contributed by atoms with Crippen molar-refractivity contribution in [3.05, 3.63) is 18.1 Å². The van der Waals surface area contributed by atoms with Crippen molar-refractivity contribution in [1.29, 1.82) is 0 Å². The molecule has 0 amide bonds. The Kier molecular flexibility index (Phi) is 2.84. The lowest BCUT2D eigenvalue weighted by atomic mass is 10.3. The number of anilines is 1. The van der Waals surface area contributed by atoms with Crippen LogP contribution in [0, 0.1) is 0 Å². The van der Waals surface area contributed by atoms with Crippen LogP contribution in [0.4, 0.5) is 19.0 Å². The van der Waals surface area contributed by atoms with Crippen LogP contribution in [-0.2, 0) is 6.18 Å². The SMILES string of the molecule is [2H]c1nc(N2CCN(C)CC2)cc(C(F)(F)F)n1. The summed E-state index contributed by atoms with van der Waals surface area (Å²) >= 11 is 0. The summed E-state index contributed by atoms with van der Waals surface area (Å²) in [5.74, 6) is 0.176. The van der Waals surface area contributed by atoms with Crippen molar-refractivity contribution < 1.29 is 14.5 Å². The van der Waals surface area contributed by atoms with Gasteiger partial charge in [0, 0.05) is 32.2 Å². The first kappa shape index (κ1) is 10.8. The summed E-state index contributed by atoms with van der Waals surface area (Å²) in [6, 6.07) is 0.906. The number of aromatic nitrogens is 2. The Balaban J connectivity index is 2.25. The van der Waals surface area contributed by atoms with Crippen LogP contribution in [0.3, 0.4) is 0 Å². The van der Waals surface area contributed by atoms with E-state index in [0.29, 0.717) is 13.1 Å². The van der Waals surface area contributed by atoms with Crippen molar-refractivity contribution in [2.75, 3.05) is 38.1 Å². The lowest BCUT2D eigenvalue weighted by Crippen LogP contribution is -2.44. The van der Waals surface area contributed by atoms with Gasteiger partial charge in [-0.25, -0.2) is 9.97 Å². The van der Waals surface area contributed by atoms with Gasteiger partial charge in [-0.05, 0) is 7.05 Å². The van der Waals surface area contributed by atoms with Crippen LogP contribution in [-0.4, -0.2) is 48.1 Å². The molecule has 0 atom stereocenters. The van der Waals surface area contributed by atoms with Crippen LogP contribution in [0.2, 0.25) is 0 Å². The van der Waals surface area contributed by atoms with Crippen LogP contribution < -0.4 is 4.90 Å². The Morgan fingerprint density at radius 2 is 1.88 bits per heavy atom. The first-order valence-corrected chi connectivity index (χ1v) is 5.22. The maximum absolute atomic E-state index is 12.6. The molecule has 0 bridgehead atoms. The minimum atomic E-state index is -4.54. The van der Waals surface area contributed by atoms with Crippen molar-refractivity contribution >= 4 is 5.82 Å². The van der Waals surface area contributed by atoms with E-state index in [1.807, 2.05) is 7.05 Å². The molecule has 0 spiro atoms. The van der Waals surface area contributed by atoms with Crippen LogP contribution >= 0.6 is 0 Å². The highest BCUT2D eigenvalue weighted by Gasteiger charge is 2.33. The molecule has 0 aliphatic carbocycles. The van der Waals surface area contributed by atoms with E-state index in [9.17, 15) is 13.2 Å². The van der Waals surface area contributed by atoms with Crippen molar-refractivity contribution in [2.45, 2.75) is 6.18 Å². The summed E-state index contributed by atoms with van der Waals surface area (Å²) < 4.78 is 45.0. The molecule has 1 aliphatic heterocycles. The standard InChI is InChI=1S/C10H13F3N4/c1-16-2-4-17(5-3-16)9-6-8(10(11,12)13)14-7-15-9/h6-7H,2-5H2,1H3/i7D. The third-order valence-electron chi connectivity index (χ3n) is 2.72. The number of hydrogen-bond donors (Lipinski definition) is 0. The predicted octanol–water partition coefficient (Wildman–Crippen LogP) is 1.25. The fraction of sp³-hybridized carbons (Fsp3) is 0.600. The molecular weight excluding hydrogens is 233 g/mol. The molecule has 4 nitrogen and oxygen atoms in total. The third-order valence-corrected chi connectivity index (χ3v) is 2.72. The van der Waals surface area contributed by atoms with E-state index in [2.05, 4.69) is 14.9 Å². The zero-order valence-electron chi connectivity index (χ0n) is 10.3. The molecule has 17 heavy (non-hydrogen) atoms. The fourth-order valence-corrected chi connectivity index (χ4v) is 1.66. The first-order chi connectivity index (χ1) is 8.36. The van der Waals surface area contributed by atoms with Crippen LogP contribution in [0.15, 0.2) is 12.4 Å². The van der Waals surface area contributed by atoms with Gasteiger partial charge in [-0.1, -0.05) is 0 Å². The number of nitrogens with zero attached hydrogens (tertiary/aromatic N) is 4. The van der Waals surface area contributed by atoms with Crippen molar-refractivity contribution in [3.63, 3.8) is 0 Å². The van der Waals surface area contributed by atoms with Crippen molar-refractivity contribution in [1.82, 2.24) is 14.9 Å². The lowest BCUT2D eigenvalue weighted by molar-refractivity contribution is -0.141. The molecule has 1 fully saturated rings. The van der Waals surface area contributed by atoms with Crippen LogP contribution in [0.25, 0.3) is 0 Å². The summed E-state index contributed by atoms with van der Waals surface area (Å²) in [6.45, 7) is 2.73. The summed E-state index contributed by atoms with van der Waals surface area (Å²) in [7, 11) is 1.95. The summed E-state index contributed by atoms with van der Waals surface area (Å²) in [5.41, 5.74) is -1.06. The van der Waals surface area contributed by atoms with Gasteiger partial charge in [-0.2, -0.15) is 13.2 Å². The van der Waals surface area contributed by atoms with E-state index < -0.39 is 18.2 Å². The number of hydrogen-bond acceptors (Lipinski definition) is 4. The normalized spacial score (nSPS) is 19.3. The monoisotopic (exact) mass is 247 g/mol. The van der Waals surface area contributed by atoms with Crippen molar-refractivity contribution in [3.8, 4) is 0 Å². The van der Waals surface area contributed by atoms with E-state index >= 15 is 0 Å². The topological polar surface area (TPSA) is 32.3 Å². The number of piperazine rings is 1. The van der Waals surface area contributed by atoms with Gasteiger partial charge in [0.25, 0.3) is 0 Å². The fourth-order valence-electron chi connectivity index (χ4n) is 1.66. The molecule has 2 rings (SSSR count). The molecule has 0 aromatic carbocycles. The first-order valence-electron chi connectivity index (χ1n) is 5.72. The summed E-state index contributed by atoms with van der Waals surface area (Å²) in [6.07, 6.45) is -5.14. The maximum atomic E-state index is 12.6. The van der Waals surface area contributed by atoms with Crippen LogP contribution in [0.1, 0.15) is 7.06 Å². The lowest BCUT2D eigenvalue weighted by Gasteiger charge is -2.33. The van der Waals surface area contributed by atoms with Gasteiger partial charge in [0.2, 0.25) is 0 Å². The number of likely N-dealkylation sites (N-methyl/N-ethyl adjacent to an activating group) is 1. The van der Waals surface area contributed by atoms with E-state index in [1.165, 1.54) is 0 Å². The van der Waals surface area contributed by atoms with Crippen molar-refractivity contribution in [2.24, 2.45) is 0 Å². The van der Waals surface area contributed by atoms with Gasteiger partial charge in [0.05, 0.1) is 0 Å². The van der Waals surface area contributed by atoms with Gasteiger partial charge in [0.15, 0.2) is 0 Å². The smallest absolute Gasteiger partial charge is 0.354 e. The predicted molar refractivity (Wildman–Crippen MR) is 56.7 cm³/mol. The zero-order valence-corrected chi connectivity index (χ0v) is 9.33. The molecule has 1 saturated heterocycles. The minimum absolute atomic E-state index is 0.176. The quantitative estimate of drug-likeness (QED) is 0.747. The summed E-state index contributed by atoms with van der Waals surface area (Å²) in [5, 5.41) is 0. The molecule has 1 aliphatic rings. The van der Waals surface area contributed by atoms with Gasteiger partial charge in [-0.3, -0.25) is 0 Å². The molecular formula is C10H13F3N4. The van der Waals surface area contributed by atoms with E-state index in [1.54, 1.807) is 4.90 Å². The molecule has 1 aromatic heterocycles. The number of rotatable bonds is 1. The Bertz CT molecular complexity index is 430. The highest BCUT2D eigenvalue weighted by molar-refractivity contribution is 5.40. The third kappa shape index (κ3) is 2.85. The molecule has 1 aromatic rings. The maximum Gasteiger partial charge on any atom is 0.433 e. The second kappa shape index (κ2) is 4.48. The molecule has 0 radical (unpaired) electrons. The Hall–Kier alpha value is -1.37. The Labute approximate surface area is 98.5 Å². The molecule has 0 saturated carbocycles. The largest absolute Gasteiger partial charge is 0.433 e. The molecule has 2 heterocycles. The van der Waals surface area contributed by atoms with Gasteiger partial charge in [0.1, 0.15) is 19.2 Å². The van der Waals surface area contributed by atoms with Gasteiger partial charge in [-0.15, -0.1) is 0 Å². The minimum Gasteiger partial charge on any atom is -0.354 e. The Morgan fingerprint density at radius 3 is 2.47 bits per heavy atom. The molecule has 94 valence electrons. The average molecular weight is 247 g/mol. The van der Waals surface area contributed by atoms with E-state index in [-0.39, 0.29) is 5.82 Å². The molecule has 0 N–H and O–H groups in total. The highest BCUT2D eigenvalue weighted by atomic mass is 19.4. The summed E-state index contributed by atoms with van der Waals surface area (Å²) in [4.78, 5) is 10.7. The number of alkyl halides is 3. The Morgan fingerprint density at radius 1 is 1.24 bits per heavy atom. The molecule has 0 unspecified atom stereocenters. The zero-order chi connectivity index (χ0) is 13.3. The average Bonchev–Trinajstić information content (AvgIpc) is 2.28. The number of halogens is 3.